The molecule has 0 aliphatic heterocycles. The van der Waals surface area contributed by atoms with Crippen LogP contribution >= 0.6 is 0 Å². The molecule has 0 spiro atoms. The number of fused-ring (bicyclic) bond motifs is 15. The van der Waals surface area contributed by atoms with E-state index in [9.17, 15) is 0 Å². The van der Waals surface area contributed by atoms with E-state index in [2.05, 4.69) is 193 Å². The quantitative estimate of drug-likeness (QED) is 0.161. The minimum Gasteiger partial charge on any atom is -0.310 e. The standard InChI is InChI=1S/C51H36N2/c1-51(2)45-19-9-5-15-37(45)43-29-44-40-18-8-12-22-49(40)53(50(44)30-46(43)51)32-24-26-36-35-25-23-31(27-41(35)33-13-3-4-14-34(33)42(36)28-32)52-47-20-10-6-16-38(47)39-17-7-11-21-48(39)52/h3-30,43,46H,1-2H3. The minimum atomic E-state index is 0.0489. The molecular formula is C51H36N2. The van der Waals surface area contributed by atoms with Crippen molar-refractivity contribution in [3.05, 3.63) is 179 Å². The normalized spacial score (nSPS) is 17.3. The molecule has 2 heterocycles. The molecule has 2 nitrogen and oxygen atoms in total. The summed E-state index contributed by atoms with van der Waals surface area (Å²) >= 11 is 0. The van der Waals surface area contributed by atoms with Crippen LogP contribution in [0.15, 0.2) is 158 Å². The molecule has 0 fully saturated rings. The third-order valence-electron chi connectivity index (χ3n) is 12.8. The second kappa shape index (κ2) is 10.4. The molecule has 2 aliphatic rings. The monoisotopic (exact) mass is 676 g/mol. The van der Waals surface area contributed by atoms with Gasteiger partial charge in [-0.15, -0.1) is 0 Å². The van der Waals surface area contributed by atoms with E-state index in [1.165, 1.54) is 98.1 Å². The summed E-state index contributed by atoms with van der Waals surface area (Å²) in [6.07, 6.45) is 5.17. The summed E-state index contributed by atoms with van der Waals surface area (Å²) in [5.74, 6) is 0.775. The van der Waals surface area contributed by atoms with Gasteiger partial charge in [-0.05, 0) is 97.2 Å². The van der Waals surface area contributed by atoms with Crippen LogP contribution in [0.4, 0.5) is 0 Å². The molecule has 0 saturated carbocycles. The van der Waals surface area contributed by atoms with Crippen molar-refractivity contribution in [3.63, 3.8) is 0 Å². The van der Waals surface area contributed by atoms with E-state index < -0.39 is 0 Å². The summed E-state index contributed by atoms with van der Waals surface area (Å²) in [7, 11) is 0. The number of hydrogen-bond donors (Lipinski definition) is 0. The highest BCUT2D eigenvalue weighted by Gasteiger charge is 2.45. The van der Waals surface area contributed by atoms with Crippen LogP contribution in [0.2, 0.25) is 0 Å². The lowest BCUT2D eigenvalue weighted by molar-refractivity contribution is 0.421. The molecule has 2 heteroatoms. The first-order valence-electron chi connectivity index (χ1n) is 18.9. The molecule has 10 aromatic rings. The van der Waals surface area contributed by atoms with Crippen molar-refractivity contribution in [1.29, 1.82) is 0 Å². The first-order chi connectivity index (χ1) is 26.1. The predicted molar refractivity (Wildman–Crippen MR) is 224 cm³/mol. The van der Waals surface area contributed by atoms with Crippen molar-refractivity contribution in [2.24, 2.45) is 5.92 Å². The van der Waals surface area contributed by atoms with Crippen molar-refractivity contribution in [2.75, 3.05) is 0 Å². The van der Waals surface area contributed by atoms with Gasteiger partial charge in [-0.25, -0.2) is 0 Å². The molecule has 0 radical (unpaired) electrons. The van der Waals surface area contributed by atoms with Gasteiger partial charge in [-0.3, -0.25) is 0 Å². The van der Waals surface area contributed by atoms with Gasteiger partial charge in [0.1, 0.15) is 0 Å². The van der Waals surface area contributed by atoms with Gasteiger partial charge in [0.25, 0.3) is 0 Å². The summed E-state index contributed by atoms with van der Waals surface area (Å²) in [6.45, 7) is 4.86. The number of aromatic nitrogens is 2. The maximum atomic E-state index is 2.60. The van der Waals surface area contributed by atoms with Gasteiger partial charge in [0.2, 0.25) is 0 Å². The maximum absolute atomic E-state index is 2.60. The van der Waals surface area contributed by atoms with Crippen LogP contribution in [-0.2, 0) is 5.41 Å². The summed E-state index contributed by atoms with van der Waals surface area (Å²) in [4.78, 5) is 0. The molecule has 0 amide bonds. The Labute approximate surface area is 307 Å². The number of nitrogens with zero attached hydrogens (tertiary/aromatic N) is 2. The molecule has 2 aromatic heterocycles. The van der Waals surface area contributed by atoms with Gasteiger partial charge in [-0.2, -0.15) is 0 Å². The van der Waals surface area contributed by atoms with Gasteiger partial charge in [0, 0.05) is 38.7 Å². The van der Waals surface area contributed by atoms with Crippen molar-refractivity contribution in [2.45, 2.75) is 25.2 Å². The molecule has 0 bridgehead atoms. The summed E-state index contributed by atoms with van der Waals surface area (Å²) in [5.41, 5.74) is 9.12. The van der Waals surface area contributed by atoms with Crippen LogP contribution in [0.25, 0.3) is 88.6 Å². The Balaban J connectivity index is 1.11. The number of hydrogen-bond acceptors (Lipinski definition) is 0. The van der Waals surface area contributed by atoms with Gasteiger partial charge in [0.05, 0.1) is 21.9 Å². The molecule has 2 aliphatic carbocycles. The van der Waals surface area contributed by atoms with Gasteiger partial charge in [-0.1, -0.05) is 141 Å². The Morgan fingerprint density at radius 1 is 0.415 bits per heavy atom. The molecule has 8 aromatic carbocycles. The lowest BCUT2D eigenvalue weighted by Crippen LogP contribution is -2.37. The topological polar surface area (TPSA) is 9.86 Å². The van der Waals surface area contributed by atoms with E-state index in [-0.39, 0.29) is 5.41 Å². The molecule has 0 saturated heterocycles. The van der Waals surface area contributed by atoms with Crippen LogP contribution in [0, 0.1) is 5.92 Å². The lowest BCUT2D eigenvalue weighted by atomic mass is 9.74. The fraction of sp³-hybridized carbons (Fsp3) is 0.0980. The molecule has 0 N–H and O–H groups in total. The summed E-state index contributed by atoms with van der Waals surface area (Å²) < 4.78 is 4.95. The predicted octanol–water partition coefficient (Wildman–Crippen LogP) is 11.5. The van der Waals surface area contributed by atoms with Crippen molar-refractivity contribution in [1.82, 2.24) is 9.13 Å². The van der Waals surface area contributed by atoms with E-state index in [0.29, 0.717) is 11.8 Å². The average Bonchev–Trinajstić information content (AvgIpc) is 3.80. The summed E-state index contributed by atoms with van der Waals surface area (Å²) in [6, 6.07) is 58.8. The Morgan fingerprint density at radius 2 is 0.887 bits per heavy atom. The van der Waals surface area contributed by atoms with Gasteiger partial charge in [0.15, 0.2) is 0 Å². The first-order valence-corrected chi connectivity index (χ1v) is 18.9. The highest BCUT2D eigenvalue weighted by Crippen LogP contribution is 2.52. The van der Waals surface area contributed by atoms with Crippen LogP contribution in [0.5, 0.6) is 0 Å². The number of para-hydroxylation sites is 3. The van der Waals surface area contributed by atoms with Gasteiger partial charge < -0.3 is 9.13 Å². The van der Waals surface area contributed by atoms with Crippen LogP contribution in [0.1, 0.15) is 30.9 Å². The third kappa shape index (κ3) is 3.83. The summed E-state index contributed by atoms with van der Waals surface area (Å²) in [5, 5.41) is 14.2. The molecule has 2 atom stereocenters. The second-order valence-electron chi connectivity index (χ2n) is 15.7. The molecule has 12 rings (SSSR count). The van der Waals surface area contributed by atoms with Crippen LogP contribution < -0.4 is 10.6 Å². The molecule has 53 heavy (non-hydrogen) atoms. The lowest BCUT2D eigenvalue weighted by Gasteiger charge is -2.29. The largest absolute Gasteiger partial charge is 0.310 e. The first kappa shape index (κ1) is 29.2. The van der Waals surface area contributed by atoms with Crippen LogP contribution in [0.3, 0.4) is 0 Å². The van der Waals surface area contributed by atoms with E-state index in [0.717, 1.165) is 0 Å². The number of benzene rings is 8. The van der Waals surface area contributed by atoms with Crippen molar-refractivity contribution in [3.8, 4) is 11.4 Å². The average molecular weight is 677 g/mol. The molecule has 250 valence electrons. The Kier molecular flexibility index (Phi) is 5.71. The third-order valence-corrected chi connectivity index (χ3v) is 12.8. The van der Waals surface area contributed by atoms with E-state index in [4.69, 9.17) is 0 Å². The van der Waals surface area contributed by atoms with Crippen molar-refractivity contribution >= 4 is 77.2 Å². The Morgan fingerprint density at radius 3 is 1.51 bits per heavy atom. The van der Waals surface area contributed by atoms with E-state index in [1.807, 2.05) is 0 Å². The van der Waals surface area contributed by atoms with Crippen LogP contribution in [-0.4, -0.2) is 9.13 Å². The second-order valence-corrected chi connectivity index (χ2v) is 15.7. The molecular weight excluding hydrogens is 641 g/mol. The van der Waals surface area contributed by atoms with Gasteiger partial charge >= 0.3 is 0 Å². The van der Waals surface area contributed by atoms with E-state index in [1.54, 1.807) is 0 Å². The Bertz CT molecular complexity index is 3260. The minimum absolute atomic E-state index is 0.0489. The van der Waals surface area contributed by atoms with Crippen molar-refractivity contribution < 1.29 is 0 Å². The SMILES string of the molecule is CC1(C)c2ccccc2C2C=c3c(n(-c4ccc5c6ccc(-n7c8ccccc8c8ccccc87)cc6c6ccccc6c5c4)c4ccccc34)=CC21. The maximum Gasteiger partial charge on any atom is 0.0541 e. The fourth-order valence-corrected chi connectivity index (χ4v) is 10.4. The Hall–Kier alpha value is -6.38. The number of rotatable bonds is 2. The zero-order valence-corrected chi connectivity index (χ0v) is 29.7. The smallest absolute Gasteiger partial charge is 0.0541 e. The highest BCUT2D eigenvalue weighted by atomic mass is 15.0. The van der Waals surface area contributed by atoms with E-state index >= 15 is 0 Å². The zero-order valence-electron chi connectivity index (χ0n) is 29.7. The zero-order chi connectivity index (χ0) is 35.0. The molecule has 2 unspecified atom stereocenters. The highest BCUT2D eigenvalue weighted by molar-refractivity contribution is 6.26. The fourth-order valence-electron chi connectivity index (χ4n) is 10.4.